The summed E-state index contributed by atoms with van der Waals surface area (Å²) in [6.07, 6.45) is 0. The number of hydrogen-bond donors (Lipinski definition) is 0. The SMILES string of the molecule is Cc1nc2c(F)c(Br)c(Br)cc2n1C(C)C. The average molecular weight is 350 g/mol. The van der Waals surface area contributed by atoms with E-state index in [0.717, 1.165) is 11.3 Å². The van der Waals surface area contributed by atoms with Crippen LogP contribution >= 0.6 is 31.9 Å². The van der Waals surface area contributed by atoms with E-state index in [-0.39, 0.29) is 11.9 Å². The zero-order valence-electron chi connectivity index (χ0n) is 9.18. The summed E-state index contributed by atoms with van der Waals surface area (Å²) in [5, 5.41) is 0. The lowest BCUT2D eigenvalue weighted by atomic mass is 10.3. The van der Waals surface area contributed by atoms with Gasteiger partial charge in [-0.3, -0.25) is 0 Å². The van der Waals surface area contributed by atoms with Crippen LogP contribution in [0.5, 0.6) is 0 Å². The molecule has 1 aromatic carbocycles. The third-order valence-electron chi connectivity index (χ3n) is 2.51. The number of nitrogens with zero attached hydrogens (tertiary/aromatic N) is 2. The Morgan fingerprint density at radius 3 is 2.56 bits per heavy atom. The molecular weight excluding hydrogens is 339 g/mol. The van der Waals surface area contributed by atoms with E-state index >= 15 is 0 Å². The predicted octanol–water partition coefficient (Wildman–Crippen LogP) is 4.59. The fourth-order valence-electron chi connectivity index (χ4n) is 1.90. The van der Waals surface area contributed by atoms with Gasteiger partial charge in [0, 0.05) is 10.5 Å². The maximum atomic E-state index is 14.0. The molecule has 0 aliphatic heterocycles. The number of rotatable bonds is 1. The molecule has 0 saturated carbocycles. The second-order valence-electron chi connectivity index (χ2n) is 3.98. The molecule has 0 N–H and O–H groups in total. The second-order valence-corrected chi connectivity index (χ2v) is 5.62. The molecule has 0 unspecified atom stereocenters. The molecule has 0 bridgehead atoms. The van der Waals surface area contributed by atoms with Crippen molar-refractivity contribution < 1.29 is 4.39 Å². The minimum atomic E-state index is -0.313. The van der Waals surface area contributed by atoms with Crippen molar-refractivity contribution in [1.82, 2.24) is 9.55 Å². The summed E-state index contributed by atoms with van der Waals surface area (Å²) in [6, 6.07) is 2.15. The van der Waals surface area contributed by atoms with Crippen molar-refractivity contribution in [2.75, 3.05) is 0 Å². The number of benzene rings is 1. The van der Waals surface area contributed by atoms with Gasteiger partial charge in [-0.25, -0.2) is 9.37 Å². The van der Waals surface area contributed by atoms with Crippen molar-refractivity contribution in [3.05, 3.63) is 26.7 Å². The summed E-state index contributed by atoms with van der Waals surface area (Å²) in [5.74, 6) is 0.515. The van der Waals surface area contributed by atoms with Gasteiger partial charge in [0.15, 0.2) is 5.82 Å². The zero-order chi connectivity index (χ0) is 12.0. The fraction of sp³-hybridized carbons (Fsp3) is 0.364. The summed E-state index contributed by atoms with van der Waals surface area (Å²) in [5.41, 5.74) is 1.24. The highest BCUT2D eigenvalue weighted by Crippen LogP contribution is 2.33. The van der Waals surface area contributed by atoms with Gasteiger partial charge in [-0.2, -0.15) is 0 Å². The first kappa shape index (κ1) is 12.0. The number of fused-ring (bicyclic) bond motifs is 1. The Kier molecular flexibility index (Phi) is 3.09. The van der Waals surface area contributed by atoms with Crippen molar-refractivity contribution in [1.29, 1.82) is 0 Å². The summed E-state index contributed by atoms with van der Waals surface area (Å²) >= 11 is 6.53. The Bertz CT molecular complexity index is 561. The smallest absolute Gasteiger partial charge is 0.166 e. The number of aryl methyl sites for hydroxylation is 1. The van der Waals surface area contributed by atoms with Gasteiger partial charge in [-0.05, 0) is 58.7 Å². The summed E-state index contributed by atoms with van der Waals surface area (Å²) in [4.78, 5) is 4.27. The average Bonchev–Trinajstić information content (AvgIpc) is 2.51. The Balaban J connectivity index is 2.91. The van der Waals surface area contributed by atoms with Crippen LogP contribution in [0, 0.1) is 12.7 Å². The first-order valence-electron chi connectivity index (χ1n) is 4.95. The van der Waals surface area contributed by atoms with E-state index in [4.69, 9.17) is 0 Å². The van der Waals surface area contributed by atoms with E-state index in [1.165, 1.54) is 0 Å². The third-order valence-corrected chi connectivity index (χ3v) is 4.45. The molecule has 0 fully saturated rings. The summed E-state index contributed by atoms with van der Waals surface area (Å²) < 4.78 is 17.1. The first-order chi connectivity index (χ1) is 7.43. The quantitative estimate of drug-likeness (QED) is 0.688. The fourth-order valence-corrected chi connectivity index (χ4v) is 2.60. The van der Waals surface area contributed by atoms with Crippen LogP contribution in [0.1, 0.15) is 25.7 Å². The highest BCUT2D eigenvalue weighted by Gasteiger charge is 2.17. The molecule has 0 radical (unpaired) electrons. The van der Waals surface area contributed by atoms with Gasteiger partial charge in [-0.15, -0.1) is 0 Å². The van der Waals surface area contributed by atoms with Gasteiger partial charge < -0.3 is 4.57 Å². The lowest BCUT2D eigenvalue weighted by Gasteiger charge is -2.11. The normalized spacial score (nSPS) is 11.7. The Hall–Kier alpha value is -0.420. The van der Waals surface area contributed by atoms with Crippen LogP contribution in [0.4, 0.5) is 4.39 Å². The zero-order valence-corrected chi connectivity index (χ0v) is 12.4. The van der Waals surface area contributed by atoms with Crippen LogP contribution in [0.2, 0.25) is 0 Å². The maximum absolute atomic E-state index is 14.0. The van der Waals surface area contributed by atoms with Crippen molar-refractivity contribution in [3.63, 3.8) is 0 Å². The van der Waals surface area contributed by atoms with Gasteiger partial charge in [-0.1, -0.05) is 0 Å². The molecule has 0 spiro atoms. The van der Waals surface area contributed by atoms with Crippen LogP contribution in [0.15, 0.2) is 15.0 Å². The van der Waals surface area contributed by atoms with Gasteiger partial charge in [0.2, 0.25) is 0 Å². The number of imidazole rings is 1. The second kappa shape index (κ2) is 4.11. The molecule has 2 aromatic rings. The van der Waals surface area contributed by atoms with E-state index in [0.29, 0.717) is 14.5 Å². The number of halogens is 3. The Morgan fingerprint density at radius 1 is 1.38 bits per heavy atom. The van der Waals surface area contributed by atoms with E-state index < -0.39 is 0 Å². The molecule has 2 nitrogen and oxygen atoms in total. The molecule has 0 aliphatic rings. The molecule has 0 amide bonds. The summed E-state index contributed by atoms with van der Waals surface area (Å²) in [6.45, 7) is 6.01. The molecule has 0 atom stereocenters. The molecule has 0 aliphatic carbocycles. The highest BCUT2D eigenvalue weighted by atomic mass is 79.9. The number of aromatic nitrogens is 2. The maximum Gasteiger partial charge on any atom is 0.166 e. The molecule has 0 saturated heterocycles. The topological polar surface area (TPSA) is 17.8 Å². The van der Waals surface area contributed by atoms with Gasteiger partial charge in [0.05, 0.1) is 9.99 Å². The monoisotopic (exact) mass is 348 g/mol. The summed E-state index contributed by atoms with van der Waals surface area (Å²) in [7, 11) is 0. The van der Waals surface area contributed by atoms with Crippen molar-refractivity contribution in [3.8, 4) is 0 Å². The highest BCUT2D eigenvalue weighted by molar-refractivity contribution is 9.13. The largest absolute Gasteiger partial charge is 0.326 e. The standard InChI is InChI=1S/C11H11Br2FN2/c1-5(2)16-6(3)15-11-8(16)4-7(12)9(13)10(11)14/h4-5H,1-3H3. The number of hydrogen-bond acceptors (Lipinski definition) is 1. The van der Waals surface area contributed by atoms with Gasteiger partial charge >= 0.3 is 0 Å². The Morgan fingerprint density at radius 2 is 2.00 bits per heavy atom. The minimum absolute atomic E-state index is 0.262. The van der Waals surface area contributed by atoms with Crippen molar-refractivity contribution >= 4 is 42.9 Å². The Labute approximate surface area is 110 Å². The van der Waals surface area contributed by atoms with Crippen LogP contribution in [0.3, 0.4) is 0 Å². The predicted molar refractivity (Wildman–Crippen MR) is 70.2 cm³/mol. The molecule has 16 heavy (non-hydrogen) atoms. The van der Waals surface area contributed by atoms with Crippen molar-refractivity contribution in [2.24, 2.45) is 0 Å². The van der Waals surface area contributed by atoms with Gasteiger partial charge in [0.25, 0.3) is 0 Å². The minimum Gasteiger partial charge on any atom is -0.326 e. The van der Waals surface area contributed by atoms with E-state index in [2.05, 4.69) is 50.7 Å². The lowest BCUT2D eigenvalue weighted by Crippen LogP contribution is -2.02. The van der Waals surface area contributed by atoms with Crippen LogP contribution in [0.25, 0.3) is 11.0 Å². The van der Waals surface area contributed by atoms with Crippen molar-refractivity contribution in [2.45, 2.75) is 26.8 Å². The van der Waals surface area contributed by atoms with Gasteiger partial charge in [0.1, 0.15) is 11.3 Å². The van der Waals surface area contributed by atoms with E-state index in [1.54, 1.807) is 0 Å². The molecule has 1 aromatic heterocycles. The molecular formula is C11H11Br2FN2. The third kappa shape index (κ3) is 1.70. The van der Waals surface area contributed by atoms with E-state index in [1.807, 2.05) is 17.6 Å². The first-order valence-corrected chi connectivity index (χ1v) is 6.54. The van der Waals surface area contributed by atoms with E-state index in [9.17, 15) is 4.39 Å². The van der Waals surface area contributed by atoms with Crippen LogP contribution in [-0.2, 0) is 0 Å². The molecule has 2 rings (SSSR count). The molecule has 86 valence electrons. The lowest BCUT2D eigenvalue weighted by molar-refractivity contribution is 0.599. The molecule has 1 heterocycles. The van der Waals surface area contributed by atoms with Crippen LogP contribution in [-0.4, -0.2) is 9.55 Å². The van der Waals surface area contributed by atoms with Crippen LogP contribution < -0.4 is 0 Å². The molecule has 5 heteroatoms.